The highest BCUT2D eigenvalue weighted by atomic mass is 16.6. The maximum Gasteiger partial charge on any atom is 0.292 e. The average Bonchev–Trinajstić information content (AvgIpc) is 2.33. The molecule has 1 aromatic carbocycles. The zero-order chi connectivity index (χ0) is 13.5. The van der Waals surface area contributed by atoms with E-state index in [9.17, 15) is 10.1 Å². The molecule has 0 bridgehead atoms. The summed E-state index contributed by atoms with van der Waals surface area (Å²) in [5.74, 6) is 0. The van der Waals surface area contributed by atoms with E-state index in [-0.39, 0.29) is 17.5 Å². The Morgan fingerprint density at radius 2 is 2.22 bits per heavy atom. The molecule has 0 heterocycles. The van der Waals surface area contributed by atoms with E-state index in [0.717, 1.165) is 5.56 Å². The molecule has 6 heteroatoms. The van der Waals surface area contributed by atoms with E-state index in [1.165, 1.54) is 6.07 Å². The molecule has 0 saturated carbocycles. The molecule has 0 amide bonds. The summed E-state index contributed by atoms with van der Waals surface area (Å²) in [4.78, 5) is 10.1. The maximum absolute atomic E-state index is 10.6. The quantitative estimate of drug-likeness (QED) is 0.457. The van der Waals surface area contributed by atoms with Crippen LogP contribution in [0.3, 0.4) is 0 Å². The lowest BCUT2D eigenvalue weighted by Crippen LogP contribution is -2.15. The minimum atomic E-state index is -0.502. The zero-order valence-corrected chi connectivity index (χ0v) is 10.6. The lowest BCUT2D eigenvalue weighted by atomic mass is 10.2. The van der Waals surface area contributed by atoms with Crippen molar-refractivity contribution >= 4 is 11.4 Å². The number of hydrogen-bond donors (Lipinski definition) is 1. The van der Waals surface area contributed by atoms with Gasteiger partial charge in [0.1, 0.15) is 5.69 Å². The number of nitro groups is 1. The predicted molar refractivity (Wildman–Crippen MR) is 68.3 cm³/mol. The molecule has 1 atom stereocenters. The van der Waals surface area contributed by atoms with Gasteiger partial charge in [-0.1, -0.05) is 0 Å². The van der Waals surface area contributed by atoms with Crippen molar-refractivity contribution in [2.45, 2.75) is 26.6 Å². The molecule has 1 rings (SSSR count). The summed E-state index contributed by atoms with van der Waals surface area (Å²) in [6.45, 7) is 5.36. The molecule has 0 saturated heterocycles. The Hall–Kier alpha value is -1.66. The Balaban J connectivity index is 2.53. The van der Waals surface area contributed by atoms with Crippen molar-refractivity contribution in [3.63, 3.8) is 0 Å². The molecule has 0 aliphatic heterocycles. The van der Waals surface area contributed by atoms with Gasteiger partial charge in [-0.05, 0) is 31.5 Å². The van der Waals surface area contributed by atoms with Crippen LogP contribution in [0.2, 0.25) is 0 Å². The molecule has 18 heavy (non-hydrogen) atoms. The molecule has 0 fully saturated rings. The van der Waals surface area contributed by atoms with Gasteiger partial charge in [-0.15, -0.1) is 0 Å². The van der Waals surface area contributed by atoms with Crippen LogP contribution >= 0.6 is 0 Å². The van der Waals surface area contributed by atoms with Gasteiger partial charge in [-0.25, -0.2) is 0 Å². The van der Waals surface area contributed by atoms with Crippen LogP contribution in [0.4, 0.5) is 11.4 Å². The highest BCUT2D eigenvalue weighted by Crippen LogP contribution is 2.22. The number of ether oxygens (including phenoxy) is 2. The van der Waals surface area contributed by atoms with Crippen LogP contribution in [-0.4, -0.2) is 24.2 Å². The molecule has 0 spiro atoms. The standard InChI is InChI=1S/C12H18N2O4/c1-3-17-7-9(2)18-8-10-4-5-12(14(15)16)11(13)6-10/h4-6,9H,3,7-8,13H2,1-2H3. The van der Waals surface area contributed by atoms with E-state index in [2.05, 4.69) is 0 Å². The van der Waals surface area contributed by atoms with Crippen molar-refractivity contribution in [3.8, 4) is 0 Å². The molecule has 0 radical (unpaired) electrons. The van der Waals surface area contributed by atoms with E-state index in [1.807, 2.05) is 13.8 Å². The fourth-order valence-electron chi connectivity index (χ4n) is 1.43. The van der Waals surface area contributed by atoms with Crippen LogP contribution in [0.5, 0.6) is 0 Å². The van der Waals surface area contributed by atoms with Gasteiger partial charge in [0.05, 0.1) is 24.2 Å². The fraction of sp³-hybridized carbons (Fsp3) is 0.500. The first kappa shape index (κ1) is 14.4. The average molecular weight is 254 g/mol. The summed E-state index contributed by atoms with van der Waals surface area (Å²) in [5, 5.41) is 10.6. The number of anilines is 1. The van der Waals surface area contributed by atoms with Crippen molar-refractivity contribution in [2.24, 2.45) is 0 Å². The minimum absolute atomic E-state index is 0.0265. The first-order valence-electron chi connectivity index (χ1n) is 5.76. The van der Waals surface area contributed by atoms with E-state index in [0.29, 0.717) is 19.8 Å². The predicted octanol–water partition coefficient (Wildman–Crippen LogP) is 2.12. The number of nitrogens with zero attached hydrogens (tertiary/aromatic N) is 1. The third-order valence-corrected chi connectivity index (χ3v) is 2.38. The molecule has 0 aliphatic carbocycles. The van der Waals surface area contributed by atoms with Crippen LogP contribution in [0.1, 0.15) is 19.4 Å². The maximum atomic E-state index is 10.6. The number of rotatable bonds is 7. The van der Waals surface area contributed by atoms with Gasteiger partial charge in [-0.2, -0.15) is 0 Å². The van der Waals surface area contributed by atoms with Crippen LogP contribution in [0, 0.1) is 10.1 Å². The van der Waals surface area contributed by atoms with Gasteiger partial charge in [0.2, 0.25) is 0 Å². The Bertz CT molecular complexity index is 409. The third-order valence-electron chi connectivity index (χ3n) is 2.38. The van der Waals surface area contributed by atoms with Crippen LogP contribution in [-0.2, 0) is 16.1 Å². The van der Waals surface area contributed by atoms with Crippen molar-refractivity contribution in [1.82, 2.24) is 0 Å². The van der Waals surface area contributed by atoms with E-state index < -0.39 is 4.92 Å². The lowest BCUT2D eigenvalue weighted by molar-refractivity contribution is -0.383. The van der Waals surface area contributed by atoms with E-state index in [4.69, 9.17) is 15.2 Å². The third kappa shape index (κ3) is 4.31. The largest absolute Gasteiger partial charge is 0.393 e. The van der Waals surface area contributed by atoms with E-state index >= 15 is 0 Å². The highest BCUT2D eigenvalue weighted by Gasteiger charge is 2.11. The van der Waals surface area contributed by atoms with Crippen LogP contribution in [0.25, 0.3) is 0 Å². The monoisotopic (exact) mass is 254 g/mol. The molecule has 1 aromatic rings. The van der Waals surface area contributed by atoms with Gasteiger partial charge < -0.3 is 15.2 Å². The van der Waals surface area contributed by atoms with Crippen molar-refractivity contribution < 1.29 is 14.4 Å². The Morgan fingerprint density at radius 1 is 1.50 bits per heavy atom. The van der Waals surface area contributed by atoms with Gasteiger partial charge in [0.25, 0.3) is 5.69 Å². The molecule has 2 N–H and O–H groups in total. The first-order chi connectivity index (χ1) is 8.54. The number of hydrogen-bond acceptors (Lipinski definition) is 5. The number of nitrogens with two attached hydrogens (primary N) is 1. The molecule has 6 nitrogen and oxygen atoms in total. The topological polar surface area (TPSA) is 87.6 Å². The zero-order valence-electron chi connectivity index (χ0n) is 10.6. The van der Waals surface area contributed by atoms with E-state index in [1.54, 1.807) is 12.1 Å². The number of nitrogen functional groups attached to an aromatic ring is 1. The summed E-state index contributed by atoms with van der Waals surface area (Å²) < 4.78 is 10.8. The highest BCUT2D eigenvalue weighted by molar-refractivity contribution is 5.59. The van der Waals surface area contributed by atoms with Crippen LogP contribution in [0.15, 0.2) is 18.2 Å². The smallest absolute Gasteiger partial charge is 0.292 e. The Kier molecular flexibility index (Phi) is 5.54. The fourth-order valence-corrected chi connectivity index (χ4v) is 1.43. The molecule has 0 aromatic heterocycles. The molecular weight excluding hydrogens is 236 g/mol. The molecule has 1 unspecified atom stereocenters. The number of benzene rings is 1. The summed E-state index contributed by atoms with van der Waals surface area (Å²) in [7, 11) is 0. The molecule has 0 aliphatic rings. The van der Waals surface area contributed by atoms with Gasteiger partial charge >= 0.3 is 0 Å². The summed E-state index contributed by atoms with van der Waals surface area (Å²) in [6.07, 6.45) is -0.0265. The summed E-state index contributed by atoms with van der Waals surface area (Å²) in [5.41, 5.74) is 6.46. The molecular formula is C12H18N2O4. The van der Waals surface area contributed by atoms with Gasteiger partial charge in [0, 0.05) is 12.7 Å². The van der Waals surface area contributed by atoms with Crippen molar-refractivity contribution in [3.05, 3.63) is 33.9 Å². The lowest BCUT2D eigenvalue weighted by Gasteiger charge is -2.13. The molecule has 100 valence electrons. The van der Waals surface area contributed by atoms with Crippen LogP contribution < -0.4 is 5.73 Å². The first-order valence-corrected chi connectivity index (χ1v) is 5.76. The second-order valence-corrected chi connectivity index (χ2v) is 3.93. The van der Waals surface area contributed by atoms with Gasteiger partial charge in [0.15, 0.2) is 0 Å². The summed E-state index contributed by atoms with van der Waals surface area (Å²) >= 11 is 0. The van der Waals surface area contributed by atoms with Crippen molar-refractivity contribution in [2.75, 3.05) is 18.9 Å². The number of nitro benzene ring substituents is 1. The Morgan fingerprint density at radius 3 is 2.78 bits per heavy atom. The Labute approximate surface area is 106 Å². The second kappa shape index (κ2) is 6.93. The SMILES string of the molecule is CCOCC(C)OCc1ccc([N+](=O)[O-])c(N)c1. The normalized spacial score (nSPS) is 12.3. The summed E-state index contributed by atoms with van der Waals surface area (Å²) in [6, 6.07) is 4.59. The van der Waals surface area contributed by atoms with Crippen molar-refractivity contribution in [1.29, 1.82) is 0 Å². The minimum Gasteiger partial charge on any atom is -0.393 e. The second-order valence-electron chi connectivity index (χ2n) is 3.93. The van der Waals surface area contributed by atoms with Gasteiger partial charge in [-0.3, -0.25) is 10.1 Å².